The number of hydrogen-bond acceptors (Lipinski definition) is 4. The van der Waals surface area contributed by atoms with E-state index in [-0.39, 0.29) is 12.4 Å². The molecule has 0 radical (unpaired) electrons. The molecular weight excluding hydrogens is 348 g/mol. The van der Waals surface area contributed by atoms with Gasteiger partial charge in [-0.2, -0.15) is 0 Å². The van der Waals surface area contributed by atoms with Gasteiger partial charge in [0.25, 0.3) is 0 Å². The maximum Gasteiger partial charge on any atom is 0.0949 e. The number of halogens is 1. The second-order valence-corrected chi connectivity index (χ2v) is 7.22. The molecule has 142 valence electrons. The van der Waals surface area contributed by atoms with Crippen LogP contribution in [0.15, 0.2) is 43.0 Å². The Labute approximate surface area is 161 Å². The van der Waals surface area contributed by atoms with Crippen LogP contribution in [-0.4, -0.2) is 41.4 Å². The summed E-state index contributed by atoms with van der Waals surface area (Å²) in [6, 6.07) is 9.81. The van der Waals surface area contributed by atoms with Crippen LogP contribution in [0.3, 0.4) is 0 Å². The number of rotatable bonds is 6. The summed E-state index contributed by atoms with van der Waals surface area (Å²) in [5, 5.41) is 7.50. The van der Waals surface area contributed by atoms with E-state index in [2.05, 4.69) is 44.5 Å². The van der Waals surface area contributed by atoms with Crippen LogP contribution in [0.25, 0.3) is 0 Å². The van der Waals surface area contributed by atoms with Crippen molar-refractivity contribution in [3.05, 3.63) is 54.1 Å². The molecule has 0 spiro atoms. The first kappa shape index (κ1) is 19.4. The van der Waals surface area contributed by atoms with Crippen LogP contribution in [-0.2, 0) is 17.8 Å². The van der Waals surface area contributed by atoms with Crippen molar-refractivity contribution in [3.63, 3.8) is 0 Å². The van der Waals surface area contributed by atoms with Crippen molar-refractivity contribution in [2.75, 3.05) is 19.8 Å². The molecule has 5 nitrogen and oxygen atoms in total. The monoisotopic (exact) mass is 376 g/mol. The summed E-state index contributed by atoms with van der Waals surface area (Å²) in [7, 11) is 0. The van der Waals surface area contributed by atoms with E-state index in [9.17, 15) is 0 Å². The van der Waals surface area contributed by atoms with Gasteiger partial charge in [0.1, 0.15) is 0 Å². The van der Waals surface area contributed by atoms with E-state index in [1.54, 1.807) is 0 Å². The number of benzene rings is 1. The van der Waals surface area contributed by atoms with Gasteiger partial charge in [0.15, 0.2) is 0 Å². The minimum absolute atomic E-state index is 0. The Kier molecular flexibility index (Phi) is 7.08. The van der Waals surface area contributed by atoms with Gasteiger partial charge in [0, 0.05) is 44.1 Å². The highest BCUT2D eigenvalue weighted by atomic mass is 35.5. The predicted molar refractivity (Wildman–Crippen MR) is 106 cm³/mol. The van der Waals surface area contributed by atoms with Crippen molar-refractivity contribution in [1.29, 1.82) is 0 Å². The van der Waals surface area contributed by atoms with Gasteiger partial charge >= 0.3 is 0 Å². The Morgan fingerprint density at radius 3 is 2.88 bits per heavy atom. The topological polar surface area (TPSA) is 51.1 Å². The van der Waals surface area contributed by atoms with Gasteiger partial charge in [-0.15, -0.1) is 12.4 Å². The first-order valence-corrected chi connectivity index (χ1v) is 9.47. The lowest BCUT2D eigenvalue weighted by Gasteiger charge is -2.33. The zero-order chi connectivity index (χ0) is 16.9. The van der Waals surface area contributed by atoms with E-state index in [1.165, 1.54) is 30.4 Å². The first-order valence-electron chi connectivity index (χ1n) is 9.47. The number of nitrogens with zero attached hydrogens (tertiary/aromatic N) is 2. The van der Waals surface area contributed by atoms with E-state index < -0.39 is 0 Å². The van der Waals surface area contributed by atoms with Crippen molar-refractivity contribution in [3.8, 4) is 0 Å². The number of aromatic nitrogens is 2. The fraction of sp³-hybridized carbons (Fsp3) is 0.550. The van der Waals surface area contributed by atoms with E-state index in [0.29, 0.717) is 18.0 Å². The quantitative estimate of drug-likeness (QED) is 0.813. The van der Waals surface area contributed by atoms with Crippen LogP contribution in [0.4, 0.5) is 0 Å². The standard InChI is InChI=1S/C20H28N4O.ClH/c1-2-5-17(13-24-10-8-21-15-24)16(4-1)12-23-19-7-3-6-18(19)20-14-25-11-9-22-20;/h1-2,4-5,8,10,15,18-20,22-23H,3,6-7,9,11-14H2;1H. The number of hydrogen-bond donors (Lipinski definition) is 2. The highest BCUT2D eigenvalue weighted by Crippen LogP contribution is 2.30. The summed E-state index contributed by atoms with van der Waals surface area (Å²) >= 11 is 0. The Morgan fingerprint density at radius 1 is 1.23 bits per heavy atom. The molecule has 2 aliphatic rings. The van der Waals surface area contributed by atoms with E-state index >= 15 is 0 Å². The number of ether oxygens (including phenoxy) is 1. The molecular formula is C20H29ClN4O. The molecule has 2 fully saturated rings. The number of nitrogens with one attached hydrogen (secondary N) is 2. The van der Waals surface area contributed by atoms with Crippen molar-refractivity contribution in [2.45, 2.75) is 44.4 Å². The van der Waals surface area contributed by atoms with Gasteiger partial charge in [0.2, 0.25) is 0 Å². The van der Waals surface area contributed by atoms with Gasteiger partial charge in [-0.1, -0.05) is 30.7 Å². The molecule has 0 amide bonds. The fourth-order valence-electron chi connectivity index (χ4n) is 4.29. The molecule has 1 saturated carbocycles. The predicted octanol–water partition coefficient (Wildman–Crippen LogP) is 2.60. The first-order chi connectivity index (χ1) is 12.4. The Morgan fingerprint density at radius 2 is 2.12 bits per heavy atom. The largest absolute Gasteiger partial charge is 0.379 e. The molecule has 1 aromatic heterocycles. The van der Waals surface area contributed by atoms with Crippen molar-refractivity contribution in [1.82, 2.24) is 20.2 Å². The van der Waals surface area contributed by atoms with Crippen molar-refractivity contribution >= 4 is 12.4 Å². The van der Waals surface area contributed by atoms with Crippen LogP contribution in [0.5, 0.6) is 0 Å². The summed E-state index contributed by atoms with van der Waals surface area (Å²) in [6.45, 7) is 4.51. The molecule has 0 bridgehead atoms. The molecule has 1 saturated heterocycles. The maximum absolute atomic E-state index is 5.68. The third kappa shape index (κ3) is 4.65. The molecule has 1 aliphatic heterocycles. The van der Waals surface area contributed by atoms with Gasteiger partial charge in [-0.3, -0.25) is 0 Å². The summed E-state index contributed by atoms with van der Waals surface area (Å²) in [4.78, 5) is 4.15. The molecule has 3 unspecified atom stereocenters. The molecule has 2 heterocycles. The molecule has 2 aromatic rings. The molecule has 26 heavy (non-hydrogen) atoms. The van der Waals surface area contributed by atoms with Gasteiger partial charge in [-0.05, 0) is 29.9 Å². The molecule has 4 rings (SSSR count). The highest BCUT2D eigenvalue weighted by Gasteiger charge is 2.34. The van der Waals surface area contributed by atoms with Crippen LogP contribution in [0.1, 0.15) is 30.4 Å². The van der Waals surface area contributed by atoms with E-state index in [4.69, 9.17) is 4.74 Å². The maximum atomic E-state index is 5.68. The SMILES string of the molecule is Cl.c1ccc(Cn2ccnc2)c(CNC2CCCC2C2COCCN2)c1. The lowest BCUT2D eigenvalue weighted by molar-refractivity contribution is 0.0524. The summed E-state index contributed by atoms with van der Waals surface area (Å²) in [6.07, 6.45) is 9.63. The average Bonchev–Trinajstić information content (AvgIpc) is 3.33. The zero-order valence-corrected chi connectivity index (χ0v) is 16.0. The van der Waals surface area contributed by atoms with Gasteiger partial charge in [0.05, 0.1) is 19.5 Å². The van der Waals surface area contributed by atoms with Crippen molar-refractivity contribution in [2.24, 2.45) is 5.92 Å². The highest BCUT2D eigenvalue weighted by molar-refractivity contribution is 5.85. The Balaban J connectivity index is 0.00000196. The fourth-order valence-corrected chi connectivity index (χ4v) is 4.29. The minimum atomic E-state index is 0. The minimum Gasteiger partial charge on any atom is -0.379 e. The van der Waals surface area contributed by atoms with Crippen LogP contribution in [0, 0.1) is 5.92 Å². The second-order valence-electron chi connectivity index (χ2n) is 7.22. The van der Waals surface area contributed by atoms with E-state index in [0.717, 1.165) is 32.8 Å². The van der Waals surface area contributed by atoms with Gasteiger partial charge in [-0.25, -0.2) is 4.98 Å². The Hall–Kier alpha value is -1.40. The lowest BCUT2D eigenvalue weighted by atomic mass is 9.93. The van der Waals surface area contributed by atoms with E-state index in [1.807, 2.05) is 18.7 Å². The second kappa shape index (κ2) is 9.51. The lowest BCUT2D eigenvalue weighted by Crippen LogP contribution is -2.50. The smallest absolute Gasteiger partial charge is 0.0949 e. The molecule has 2 N–H and O–H groups in total. The molecule has 6 heteroatoms. The number of morpholine rings is 1. The zero-order valence-electron chi connectivity index (χ0n) is 15.1. The van der Waals surface area contributed by atoms with Crippen LogP contribution in [0.2, 0.25) is 0 Å². The molecule has 1 aliphatic carbocycles. The van der Waals surface area contributed by atoms with Crippen LogP contribution < -0.4 is 10.6 Å². The summed E-state index contributed by atoms with van der Waals surface area (Å²) < 4.78 is 7.81. The van der Waals surface area contributed by atoms with Gasteiger partial charge < -0.3 is 19.9 Å². The average molecular weight is 377 g/mol. The van der Waals surface area contributed by atoms with Crippen LogP contribution >= 0.6 is 12.4 Å². The molecule has 1 aromatic carbocycles. The van der Waals surface area contributed by atoms with Crippen molar-refractivity contribution < 1.29 is 4.74 Å². The third-order valence-electron chi connectivity index (χ3n) is 5.62. The summed E-state index contributed by atoms with van der Waals surface area (Å²) in [5.41, 5.74) is 2.75. The third-order valence-corrected chi connectivity index (χ3v) is 5.62. The number of imidazole rings is 1. The Bertz CT molecular complexity index is 658. The molecule has 3 atom stereocenters. The summed E-state index contributed by atoms with van der Waals surface area (Å²) in [5.74, 6) is 0.682. The normalized spacial score (nSPS) is 25.8.